The van der Waals surface area contributed by atoms with Crippen LogP contribution in [0.4, 0.5) is 5.69 Å². The van der Waals surface area contributed by atoms with Gasteiger partial charge in [-0.05, 0) is 62.2 Å². The molecule has 0 spiro atoms. The summed E-state index contributed by atoms with van der Waals surface area (Å²) in [6.45, 7) is 5.99. The fourth-order valence-electron chi connectivity index (χ4n) is 2.17. The van der Waals surface area contributed by atoms with Gasteiger partial charge in [0.15, 0.2) is 0 Å². The number of carbonyl (C=O) groups excluding carboxylic acids is 2. The molecule has 25 heavy (non-hydrogen) atoms. The van der Waals surface area contributed by atoms with Gasteiger partial charge in [0.05, 0.1) is 6.42 Å². The highest BCUT2D eigenvalue weighted by Gasteiger charge is 2.18. The van der Waals surface area contributed by atoms with Crippen molar-refractivity contribution in [3.63, 3.8) is 0 Å². The summed E-state index contributed by atoms with van der Waals surface area (Å²) in [6, 6.07) is 14.0. The Bertz CT molecular complexity index is 737. The fraction of sp³-hybridized carbons (Fsp3) is 0.300. The van der Waals surface area contributed by atoms with Crippen LogP contribution in [-0.4, -0.2) is 17.4 Å². The summed E-state index contributed by atoms with van der Waals surface area (Å²) in [7, 11) is 0. The molecule has 0 aliphatic carbocycles. The molecular formula is C20H23ClN2O2. The van der Waals surface area contributed by atoms with Crippen LogP contribution in [0.2, 0.25) is 5.02 Å². The van der Waals surface area contributed by atoms with Crippen LogP contribution in [0.1, 0.15) is 43.1 Å². The van der Waals surface area contributed by atoms with Crippen molar-refractivity contribution in [2.45, 2.75) is 39.2 Å². The molecule has 0 aliphatic rings. The van der Waals surface area contributed by atoms with Gasteiger partial charge in [-0.2, -0.15) is 0 Å². The van der Waals surface area contributed by atoms with Crippen LogP contribution in [-0.2, 0) is 11.2 Å². The maximum absolute atomic E-state index is 12.2. The third-order valence-electron chi connectivity index (χ3n) is 4.04. The predicted octanol–water partition coefficient (Wildman–Crippen LogP) is 4.44. The SMILES string of the molecule is CCC(C)(C)NC(=O)c1ccc(NC(=O)Cc2ccc(Cl)cc2)cc1. The summed E-state index contributed by atoms with van der Waals surface area (Å²) < 4.78 is 0. The topological polar surface area (TPSA) is 58.2 Å². The standard InChI is InChI=1S/C20H23ClN2O2/c1-4-20(2,3)23-19(25)15-7-11-17(12-8-15)22-18(24)13-14-5-9-16(21)10-6-14/h5-12H,4,13H2,1-3H3,(H,22,24)(H,23,25). The van der Waals surface area contributed by atoms with Crippen LogP contribution < -0.4 is 10.6 Å². The van der Waals surface area contributed by atoms with E-state index in [9.17, 15) is 9.59 Å². The van der Waals surface area contributed by atoms with Gasteiger partial charge in [0, 0.05) is 21.8 Å². The minimum absolute atomic E-state index is 0.119. The lowest BCUT2D eigenvalue weighted by Gasteiger charge is -2.24. The second-order valence-electron chi connectivity index (χ2n) is 6.62. The number of anilines is 1. The van der Waals surface area contributed by atoms with E-state index in [2.05, 4.69) is 10.6 Å². The number of carbonyl (C=O) groups is 2. The zero-order valence-corrected chi connectivity index (χ0v) is 15.5. The van der Waals surface area contributed by atoms with Gasteiger partial charge in [-0.1, -0.05) is 30.7 Å². The second kappa shape index (κ2) is 8.17. The quantitative estimate of drug-likeness (QED) is 0.802. The van der Waals surface area contributed by atoms with E-state index in [-0.39, 0.29) is 23.8 Å². The molecule has 0 saturated heterocycles. The minimum atomic E-state index is -0.247. The van der Waals surface area contributed by atoms with E-state index in [1.54, 1.807) is 36.4 Å². The third-order valence-corrected chi connectivity index (χ3v) is 4.30. The molecule has 2 aromatic carbocycles. The molecule has 2 N–H and O–H groups in total. The predicted molar refractivity (Wildman–Crippen MR) is 102 cm³/mol. The summed E-state index contributed by atoms with van der Waals surface area (Å²) >= 11 is 5.83. The molecule has 2 amide bonds. The van der Waals surface area contributed by atoms with Crippen LogP contribution in [0, 0.1) is 0 Å². The Hall–Kier alpha value is -2.33. The summed E-state index contributed by atoms with van der Waals surface area (Å²) in [4.78, 5) is 24.3. The largest absolute Gasteiger partial charge is 0.347 e. The van der Waals surface area contributed by atoms with Gasteiger partial charge < -0.3 is 10.6 Å². The smallest absolute Gasteiger partial charge is 0.251 e. The first-order valence-electron chi connectivity index (χ1n) is 8.26. The molecule has 0 bridgehead atoms. The molecule has 0 aromatic heterocycles. The van der Waals surface area contributed by atoms with Crippen LogP contribution in [0.25, 0.3) is 0 Å². The van der Waals surface area contributed by atoms with Gasteiger partial charge in [-0.15, -0.1) is 0 Å². The van der Waals surface area contributed by atoms with Crippen molar-refractivity contribution in [2.24, 2.45) is 0 Å². The van der Waals surface area contributed by atoms with E-state index >= 15 is 0 Å². The maximum atomic E-state index is 12.2. The Labute approximate surface area is 153 Å². The molecule has 0 aliphatic heterocycles. The number of rotatable bonds is 6. The van der Waals surface area contributed by atoms with E-state index in [0.29, 0.717) is 16.3 Å². The average molecular weight is 359 g/mol. The normalized spacial score (nSPS) is 11.0. The summed E-state index contributed by atoms with van der Waals surface area (Å²) in [5.41, 5.74) is 1.87. The number of nitrogens with one attached hydrogen (secondary N) is 2. The zero-order valence-electron chi connectivity index (χ0n) is 14.7. The monoisotopic (exact) mass is 358 g/mol. The molecule has 0 fully saturated rings. The Morgan fingerprint density at radius 2 is 1.60 bits per heavy atom. The number of halogens is 1. The highest BCUT2D eigenvalue weighted by atomic mass is 35.5. The molecule has 2 rings (SSSR count). The van der Waals surface area contributed by atoms with E-state index in [1.807, 2.05) is 32.9 Å². The third kappa shape index (κ3) is 5.91. The van der Waals surface area contributed by atoms with E-state index in [1.165, 1.54) is 0 Å². The maximum Gasteiger partial charge on any atom is 0.251 e. The average Bonchev–Trinajstić information content (AvgIpc) is 2.57. The van der Waals surface area contributed by atoms with Crippen LogP contribution in [0.15, 0.2) is 48.5 Å². The summed E-state index contributed by atoms with van der Waals surface area (Å²) in [5.74, 6) is -0.238. The molecule has 0 heterocycles. The van der Waals surface area contributed by atoms with E-state index < -0.39 is 0 Å². The van der Waals surface area contributed by atoms with Gasteiger partial charge in [0.1, 0.15) is 0 Å². The van der Waals surface area contributed by atoms with Crippen LogP contribution in [0.3, 0.4) is 0 Å². The van der Waals surface area contributed by atoms with Crippen LogP contribution in [0.5, 0.6) is 0 Å². The molecule has 4 nitrogen and oxygen atoms in total. The molecular weight excluding hydrogens is 336 g/mol. The number of amides is 2. The van der Waals surface area contributed by atoms with Crippen molar-refractivity contribution in [1.29, 1.82) is 0 Å². The molecule has 132 valence electrons. The molecule has 0 radical (unpaired) electrons. The van der Waals surface area contributed by atoms with Crippen molar-refractivity contribution in [3.8, 4) is 0 Å². The van der Waals surface area contributed by atoms with Crippen molar-refractivity contribution >= 4 is 29.1 Å². The lowest BCUT2D eigenvalue weighted by atomic mass is 10.0. The fourth-order valence-corrected chi connectivity index (χ4v) is 2.29. The Kier molecular flexibility index (Phi) is 6.21. The van der Waals surface area contributed by atoms with Crippen LogP contribution >= 0.6 is 11.6 Å². The first-order valence-corrected chi connectivity index (χ1v) is 8.64. The van der Waals surface area contributed by atoms with Gasteiger partial charge in [-0.25, -0.2) is 0 Å². The van der Waals surface area contributed by atoms with Gasteiger partial charge in [0.25, 0.3) is 5.91 Å². The molecule has 0 saturated carbocycles. The molecule has 2 aromatic rings. The van der Waals surface area contributed by atoms with Crippen molar-refractivity contribution in [1.82, 2.24) is 5.32 Å². The minimum Gasteiger partial charge on any atom is -0.347 e. The molecule has 0 unspecified atom stereocenters. The Morgan fingerprint density at radius 1 is 1.00 bits per heavy atom. The van der Waals surface area contributed by atoms with E-state index in [4.69, 9.17) is 11.6 Å². The van der Waals surface area contributed by atoms with Gasteiger partial charge >= 0.3 is 0 Å². The van der Waals surface area contributed by atoms with Gasteiger partial charge in [-0.3, -0.25) is 9.59 Å². The first-order chi connectivity index (χ1) is 11.8. The molecule has 0 atom stereocenters. The number of benzene rings is 2. The van der Waals surface area contributed by atoms with Crippen molar-refractivity contribution in [2.75, 3.05) is 5.32 Å². The highest BCUT2D eigenvalue weighted by molar-refractivity contribution is 6.30. The summed E-state index contributed by atoms with van der Waals surface area (Å²) in [6.07, 6.45) is 1.11. The van der Waals surface area contributed by atoms with Crippen molar-refractivity contribution in [3.05, 3.63) is 64.7 Å². The van der Waals surface area contributed by atoms with Crippen molar-refractivity contribution < 1.29 is 9.59 Å². The highest BCUT2D eigenvalue weighted by Crippen LogP contribution is 2.14. The lowest BCUT2D eigenvalue weighted by Crippen LogP contribution is -2.42. The van der Waals surface area contributed by atoms with E-state index in [0.717, 1.165) is 12.0 Å². The number of hydrogen-bond donors (Lipinski definition) is 2. The zero-order chi connectivity index (χ0) is 18.4. The Balaban J connectivity index is 1.94. The van der Waals surface area contributed by atoms with Gasteiger partial charge in [0.2, 0.25) is 5.91 Å². The second-order valence-corrected chi connectivity index (χ2v) is 7.06. The molecule has 5 heteroatoms. The Morgan fingerprint density at radius 3 is 2.16 bits per heavy atom. The summed E-state index contributed by atoms with van der Waals surface area (Å²) in [5, 5.41) is 6.45. The lowest BCUT2D eigenvalue weighted by molar-refractivity contribution is -0.115. The first kappa shape index (κ1) is 19.0. The number of hydrogen-bond acceptors (Lipinski definition) is 2.